The van der Waals surface area contributed by atoms with E-state index in [9.17, 15) is 14.4 Å². The van der Waals surface area contributed by atoms with Crippen molar-refractivity contribution in [3.63, 3.8) is 0 Å². The molecule has 1 aromatic carbocycles. The standard InChI is InChI=1S/C13H12Cl2N2O4/c14-9-2-1-8(10(15)6-9)5-12(19)21-7-11(18)17-4-3-16-13(17)20/h1-2,6H,3-5,7H2,(H,16,20). The number of rotatable bonds is 4. The summed E-state index contributed by atoms with van der Waals surface area (Å²) >= 11 is 11.7. The lowest BCUT2D eigenvalue weighted by molar-refractivity contribution is -0.150. The number of benzene rings is 1. The fourth-order valence-electron chi connectivity index (χ4n) is 1.80. The van der Waals surface area contributed by atoms with E-state index < -0.39 is 24.5 Å². The van der Waals surface area contributed by atoms with Crippen molar-refractivity contribution in [1.29, 1.82) is 0 Å². The fourth-order valence-corrected chi connectivity index (χ4v) is 2.28. The Morgan fingerprint density at radius 1 is 1.33 bits per heavy atom. The van der Waals surface area contributed by atoms with Crippen molar-refractivity contribution in [1.82, 2.24) is 10.2 Å². The van der Waals surface area contributed by atoms with Crippen LogP contribution in [0, 0.1) is 0 Å². The molecule has 1 aliphatic rings. The summed E-state index contributed by atoms with van der Waals surface area (Å²) in [6.07, 6.45) is -0.0739. The Kier molecular flexibility index (Phi) is 5.03. The van der Waals surface area contributed by atoms with Crippen LogP contribution in [0.4, 0.5) is 4.79 Å². The molecule has 1 saturated heterocycles. The maximum absolute atomic E-state index is 11.7. The maximum atomic E-state index is 11.7. The molecule has 1 aromatic rings. The van der Waals surface area contributed by atoms with E-state index in [0.717, 1.165) is 4.90 Å². The van der Waals surface area contributed by atoms with Crippen LogP contribution in [0.2, 0.25) is 10.0 Å². The molecular formula is C13H12Cl2N2O4. The average molecular weight is 331 g/mol. The number of carbonyl (C=O) groups excluding carboxylic acids is 3. The molecule has 0 aromatic heterocycles. The Bertz CT molecular complexity index is 592. The SMILES string of the molecule is O=C(Cc1ccc(Cl)cc1Cl)OCC(=O)N1CCNC1=O. The molecule has 6 nitrogen and oxygen atoms in total. The summed E-state index contributed by atoms with van der Waals surface area (Å²) in [6.45, 7) is 0.203. The van der Waals surface area contributed by atoms with Crippen LogP contribution >= 0.6 is 23.2 Å². The minimum absolute atomic E-state index is 0.0739. The second-order valence-corrected chi connectivity index (χ2v) is 5.19. The second kappa shape index (κ2) is 6.78. The maximum Gasteiger partial charge on any atom is 0.324 e. The van der Waals surface area contributed by atoms with Crippen molar-refractivity contribution < 1.29 is 19.1 Å². The molecule has 3 amide bonds. The zero-order valence-electron chi connectivity index (χ0n) is 10.9. The van der Waals surface area contributed by atoms with Gasteiger partial charge in [-0.15, -0.1) is 0 Å². The van der Waals surface area contributed by atoms with Gasteiger partial charge in [0, 0.05) is 23.1 Å². The van der Waals surface area contributed by atoms with Gasteiger partial charge in [0.15, 0.2) is 6.61 Å². The number of hydrogen-bond donors (Lipinski definition) is 1. The van der Waals surface area contributed by atoms with Gasteiger partial charge in [0.1, 0.15) is 0 Å². The van der Waals surface area contributed by atoms with E-state index in [1.807, 2.05) is 0 Å². The minimum Gasteiger partial charge on any atom is -0.455 e. The van der Waals surface area contributed by atoms with Crippen molar-refractivity contribution in [2.24, 2.45) is 0 Å². The predicted octanol–water partition coefficient (Wildman–Crippen LogP) is 1.63. The van der Waals surface area contributed by atoms with Gasteiger partial charge in [-0.3, -0.25) is 14.5 Å². The van der Waals surface area contributed by atoms with Gasteiger partial charge < -0.3 is 10.1 Å². The average Bonchev–Trinajstić information content (AvgIpc) is 2.85. The van der Waals surface area contributed by atoms with E-state index >= 15 is 0 Å². The lowest BCUT2D eigenvalue weighted by atomic mass is 10.1. The molecule has 1 fully saturated rings. The molecule has 0 atom stereocenters. The molecule has 1 N–H and O–H groups in total. The predicted molar refractivity (Wildman–Crippen MR) is 76.2 cm³/mol. The number of nitrogens with one attached hydrogen (secondary N) is 1. The van der Waals surface area contributed by atoms with E-state index in [1.54, 1.807) is 12.1 Å². The number of carbonyl (C=O) groups is 3. The smallest absolute Gasteiger partial charge is 0.324 e. The molecular weight excluding hydrogens is 319 g/mol. The van der Waals surface area contributed by atoms with Crippen molar-refractivity contribution in [2.45, 2.75) is 6.42 Å². The van der Waals surface area contributed by atoms with Crippen LogP contribution in [0.3, 0.4) is 0 Å². The monoisotopic (exact) mass is 330 g/mol. The molecule has 0 unspecified atom stereocenters. The largest absolute Gasteiger partial charge is 0.455 e. The number of nitrogens with zero attached hydrogens (tertiary/aromatic N) is 1. The first-order valence-corrected chi connectivity index (χ1v) is 6.90. The van der Waals surface area contributed by atoms with E-state index in [2.05, 4.69) is 5.32 Å². The van der Waals surface area contributed by atoms with Gasteiger partial charge in [-0.1, -0.05) is 29.3 Å². The summed E-state index contributed by atoms with van der Waals surface area (Å²) in [5, 5.41) is 3.30. The van der Waals surface area contributed by atoms with Crippen LogP contribution < -0.4 is 5.32 Å². The molecule has 0 saturated carbocycles. The fraction of sp³-hybridized carbons (Fsp3) is 0.308. The lowest BCUT2D eigenvalue weighted by Crippen LogP contribution is -2.37. The molecule has 2 rings (SSSR count). The van der Waals surface area contributed by atoms with Crippen LogP contribution in [0.25, 0.3) is 0 Å². The van der Waals surface area contributed by atoms with Crippen molar-refractivity contribution in [3.8, 4) is 0 Å². The zero-order chi connectivity index (χ0) is 15.4. The number of urea groups is 1. The molecule has 112 valence electrons. The molecule has 0 radical (unpaired) electrons. The Morgan fingerprint density at radius 2 is 2.10 bits per heavy atom. The zero-order valence-corrected chi connectivity index (χ0v) is 12.4. The van der Waals surface area contributed by atoms with Gasteiger partial charge in [0.05, 0.1) is 6.42 Å². The van der Waals surface area contributed by atoms with Crippen LogP contribution in [-0.2, 0) is 20.7 Å². The summed E-state index contributed by atoms with van der Waals surface area (Å²) in [7, 11) is 0. The van der Waals surface area contributed by atoms with Gasteiger partial charge in [0.25, 0.3) is 5.91 Å². The minimum atomic E-state index is -0.604. The topological polar surface area (TPSA) is 75.7 Å². The summed E-state index contributed by atoms with van der Waals surface area (Å²) in [4.78, 5) is 35.6. The van der Waals surface area contributed by atoms with Crippen LogP contribution in [0.15, 0.2) is 18.2 Å². The number of halogens is 2. The van der Waals surface area contributed by atoms with Crippen LogP contribution in [-0.4, -0.2) is 42.5 Å². The number of esters is 1. The number of amides is 3. The van der Waals surface area contributed by atoms with Crippen LogP contribution in [0.1, 0.15) is 5.56 Å². The van der Waals surface area contributed by atoms with Crippen LogP contribution in [0.5, 0.6) is 0 Å². The highest BCUT2D eigenvalue weighted by atomic mass is 35.5. The highest BCUT2D eigenvalue weighted by Gasteiger charge is 2.26. The second-order valence-electron chi connectivity index (χ2n) is 4.35. The first-order chi connectivity index (χ1) is 9.97. The molecule has 1 aliphatic heterocycles. The normalized spacial score (nSPS) is 14.0. The third kappa shape index (κ3) is 4.09. The van der Waals surface area contributed by atoms with Crippen molar-refractivity contribution in [3.05, 3.63) is 33.8 Å². The molecule has 0 aliphatic carbocycles. The first-order valence-electron chi connectivity index (χ1n) is 6.15. The quantitative estimate of drug-likeness (QED) is 0.851. The lowest BCUT2D eigenvalue weighted by Gasteiger charge is -2.12. The van der Waals surface area contributed by atoms with Gasteiger partial charge in [-0.25, -0.2) is 4.79 Å². The summed E-state index contributed by atoms with van der Waals surface area (Å²) < 4.78 is 4.85. The summed E-state index contributed by atoms with van der Waals surface area (Å²) in [5.74, 6) is -1.16. The van der Waals surface area contributed by atoms with E-state index in [1.165, 1.54) is 6.07 Å². The van der Waals surface area contributed by atoms with E-state index in [-0.39, 0.29) is 13.0 Å². The number of hydrogen-bond acceptors (Lipinski definition) is 4. The molecule has 0 bridgehead atoms. The van der Waals surface area contributed by atoms with Crippen molar-refractivity contribution >= 4 is 41.1 Å². The Balaban J connectivity index is 1.84. The highest BCUT2D eigenvalue weighted by Crippen LogP contribution is 2.21. The van der Waals surface area contributed by atoms with Gasteiger partial charge in [-0.2, -0.15) is 0 Å². The van der Waals surface area contributed by atoms with E-state index in [0.29, 0.717) is 22.2 Å². The highest BCUT2D eigenvalue weighted by molar-refractivity contribution is 6.35. The number of imide groups is 1. The van der Waals surface area contributed by atoms with Gasteiger partial charge in [0.2, 0.25) is 0 Å². The van der Waals surface area contributed by atoms with Gasteiger partial charge >= 0.3 is 12.0 Å². The third-order valence-corrected chi connectivity index (χ3v) is 3.45. The Hall–Kier alpha value is -1.79. The Morgan fingerprint density at radius 3 is 2.71 bits per heavy atom. The number of ether oxygens (including phenoxy) is 1. The molecule has 21 heavy (non-hydrogen) atoms. The molecule has 0 spiro atoms. The van der Waals surface area contributed by atoms with Gasteiger partial charge in [-0.05, 0) is 17.7 Å². The van der Waals surface area contributed by atoms with Crippen molar-refractivity contribution in [2.75, 3.05) is 19.7 Å². The van der Waals surface area contributed by atoms with E-state index in [4.69, 9.17) is 27.9 Å². The summed E-state index contributed by atoms with van der Waals surface area (Å²) in [6, 6.07) is 4.26. The molecule has 8 heteroatoms. The third-order valence-electron chi connectivity index (χ3n) is 2.86. The molecule has 1 heterocycles. The Labute approximate surface area is 130 Å². The first kappa shape index (κ1) is 15.6. The summed E-state index contributed by atoms with van der Waals surface area (Å²) in [5.41, 5.74) is 0.553.